The largest absolute Gasteiger partial charge is 0.493 e. The maximum absolute atomic E-state index is 5.57. The fourth-order valence-corrected chi connectivity index (χ4v) is 4.33. The molecule has 1 spiro atoms. The predicted octanol–water partition coefficient (Wildman–Crippen LogP) is 2.95. The standard InChI is InChI=1S/C18H26N2O3.ClH/c1-21-15-9-14(10-16-17(15)23-13-22-16)11-20-8-7-19-12-18(20)5-3-2-4-6-18;/h9-10,19H,2-8,11-13H2,1H3;1H. The van der Waals surface area contributed by atoms with Crippen molar-refractivity contribution in [1.29, 1.82) is 0 Å². The van der Waals surface area contributed by atoms with E-state index in [-0.39, 0.29) is 19.2 Å². The Hall–Kier alpha value is -1.17. The van der Waals surface area contributed by atoms with E-state index in [2.05, 4.69) is 22.3 Å². The van der Waals surface area contributed by atoms with Gasteiger partial charge in [-0.25, -0.2) is 0 Å². The molecule has 1 saturated heterocycles. The van der Waals surface area contributed by atoms with Crippen molar-refractivity contribution >= 4 is 12.4 Å². The van der Waals surface area contributed by atoms with Gasteiger partial charge in [0.2, 0.25) is 12.5 Å². The van der Waals surface area contributed by atoms with Gasteiger partial charge in [-0.05, 0) is 30.5 Å². The number of hydrogen-bond donors (Lipinski definition) is 1. The van der Waals surface area contributed by atoms with Gasteiger partial charge in [-0.1, -0.05) is 19.3 Å². The normalized spacial score (nSPS) is 22.2. The summed E-state index contributed by atoms with van der Waals surface area (Å²) in [5.41, 5.74) is 1.58. The minimum absolute atomic E-state index is 0. The van der Waals surface area contributed by atoms with E-state index >= 15 is 0 Å². The van der Waals surface area contributed by atoms with Gasteiger partial charge in [-0.15, -0.1) is 12.4 Å². The van der Waals surface area contributed by atoms with Crippen LogP contribution in [0.5, 0.6) is 17.2 Å². The Labute approximate surface area is 150 Å². The van der Waals surface area contributed by atoms with E-state index in [0.29, 0.717) is 5.54 Å². The van der Waals surface area contributed by atoms with Gasteiger partial charge in [-0.2, -0.15) is 0 Å². The quantitative estimate of drug-likeness (QED) is 0.904. The minimum atomic E-state index is 0. The van der Waals surface area contributed by atoms with Gasteiger partial charge in [0.1, 0.15) is 0 Å². The third-order valence-electron chi connectivity index (χ3n) is 5.56. The second-order valence-electron chi connectivity index (χ2n) is 6.92. The van der Waals surface area contributed by atoms with Gasteiger partial charge in [0.25, 0.3) is 0 Å². The maximum atomic E-state index is 5.57. The molecule has 134 valence electrons. The van der Waals surface area contributed by atoms with Crippen LogP contribution in [-0.2, 0) is 6.54 Å². The van der Waals surface area contributed by atoms with E-state index < -0.39 is 0 Å². The highest BCUT2D eigenvalue weighted by molar-refractivity contribution is 5.85. The van der Waals surface area contributed by atoms with E-state index in [9.17, 15) is 0 Å². The number of benzene rings is 1. The molecule has 0 radical (unpaired) electrons. The van der Waals surface area contributed by atoms with E-state index in [0.717, 1.165) is 43.4 Å². The van der Waals surface area contributed by atoms with Gasteiger partial charge in [-0.3, -0.25) is 4.90 Å². The highest BCUT2D eigenvalue weighted by atomic mass is 35.5. The minimum Gasteiger partial charge on any atom is -0.493 e. The van der Waals surface area contributed by atoms with Crippen molar-refractivity contribution in [3.63, 3.8) is 0 Å². The Morgan fingerprint density at radius 2 is 2.04 bits per heavy atom. The lowest BCUT2D eigenvalue weighted by atomic mass is 9.79. The molecule has 0 amide bonds. The van der Waals surface area contributed by atoms with Gasteiger partial charge >= 0.3 is 0 Å². The van der Waals surface area contributed by atoms with Crippen molar-refractivity contribution in [2.45, 2.75) is 44.2 Å². The molecule has 0 atom stereocenters. The summed E-state index contributed by atoms with van der Waals surface area (Å²) in [6.07, 6.45) is 6.70. The molecule has 2 aliphatic heterocycles. The van der Waals surface area contributed by atoms with E-state index in [1.54, 1.807) is 7.11 Å². The smallest absolute Gasteiger partial charge is 0.231 e. The Morgan fingerprint density at radius 1 is 1.21 bits per heavy atom. The molecule has 1 aromatic rings. The van der Waals surface area contributed by atoms with Crippen molar-refractivity contribution in [2.24, 2.45) is 0 Å². The second-order valence-corrected chi connectivity index (χ2v) is 6.92. The van der Waals surface area contributed by atoms with Crippen molar-refractivity contribution in [3.05, 3.63) is 17.7 Å². The van der Waals surface area contributed by atoms with Gasteiger partial charge < -0.3 is 19.5 Å². The molecule has 6 heteroatoms. The maximum Gasteiger partial charge on any atom is 0.231 e. The molecular formula is C18H27ClN2O3. The first-order valence-corrected chi connectivity index (χ1v) is 8.73. The Bertz CT molecular complexity index is 567. The summed E-state index contributed by atoms with van der Waals surface area (Å²) in [6, 6.07) is 4.22. The number of ether oxygens (including phenoxy) is 3. The lowest BCUT2D eigenvalue weighted by Gasteiger charge is -2.50. The van der Waals surface area contributed by atoms with Crippen LogP contribution in [0.1, 0.15) is 37.7 Å². The summed E-state index contributed by atoms with van der Waals surface area (Å²) in [6.45, 7) is 4.54. The summed E-state index contributed by atoms with van der Waals surface area (Å²) in [5.74, 6) is 2.33. The van der Waals surface area contributed by atoms with Gasteiger partial charge in [0, 0.05) is 31.7 Å². The molecule has 3 aliphatic rings. The molecule has 1 aliphatic carbocycles. The lowest BCUT2D eigenvalue weighted by molar-refractivity contribution is 0.0208. The Kier molecular flexibility index (Phi) is 5.42. The van der Waals surface area contributed by atoms with Gasteiger partial charge in [0.15, 0.2) is 11.5 Å². The number of hydrogen-bond acceptors (Lipinski definition) is 5. The monoisotopic (exact) mass is 354 g/mol. The molecule has 0 bridgehead atoms. The first kappa shape index (κ1) is 17.6. The molecular weight excluding hydrogens is 328 g/mol. The Balaban J connectivity index is 0.00000169. The predicted molar refractivity (Wildman–Crippen MR) is 95.5 cm³/mol. The zero-order valence-corrected chi connectivity index (χ0v) is 15.1. The fraction of sp³-hybridized carbons (Fsp3) is 0.667. The number of piperazine rings is 1. The number of nitrogens with zero attached hydrogens (tertiary/aromatic N) is 1. The van der Waals surface area contributed by atoms with Crippen LogP contribution < -0.4 is 19.5 Å². The van der Waals surface area contributed by atoms with Crippen molar-refractivity contribution in [2.75, 3.05) is 33.5 Å². The van der Waals surface area contributed by atoms with Crippen LogP contribution >= 0.6 is 12.4 Å². The molecule has 0 aromatic heterocycles. The highest BCUT2D eigenvalue weighted by Crippen LogP contribution is 2.43. The summed E-state index contributed by atoms with van der Waals surface area (Å²) in [4.78, 5) is 2.68. The molecule has 1 N–H and O–H groups in total. The average Bonchev–Trinajstić information content (AvgIpc) is 3.06. The second kappa shape index (κ2) is 7.38. The van der Waals surface area contributed by atoms with E-state index in [1.165, 1.54) is 37.7 Å². The van der Waals surface area contributed by atoms with Crippen molar-refractivity contribution < 1.29 is 14.2 Å². The van der Waals surface area contributed by atoms with Crippen LogP contribution in [0.4, 0.5) is 0 Å². The molecule has 24 heavy (non-hydrogen) atoms. The third-order valence-corrected chi connectivity index (χ3v) is 5.56. The third kappa shape index (κ3) is 3.17. The van der Waals surface area contributed by atoms with Crippen molar-refractivity contribution in [3.8, 4) is 17.2 Å². The molecule has 1 aromatic carbocycles. The first-order chi connectivity index (χ1) is 11.3. The van der Waals surface area contributed by atoms with Gasteiger partial charge in [0.05, 0.1) is 7.11 Å². The van der Waals surface area contributed by atoms with E-state index in [4.69, 9.17) is 14.2 Å². The molecule has 1 saturated carbocycles. The summed E-state index contributed by atoms with van der Waals surface area (Å²) < 4.78 is 16.6. The highest BCUT2D eigenvalue weighted by Gasteiger charge is 2.39. The summed E-state index contributed by atoms with van der Waals surface area (Å²) >= 11 is 0. The first-order valence-electron chi connectivity index (χ1n) is 8.73. The zero-order chi connectivity index (χ0) is 15.7. The summed E-state index contributed by atoms with van der Waals surface area (Å²) in [7, 11) is 1.69. The summed E-state index contributed by atoms with van der Waals surface area (Å²) in [5, 5.41) is 3.61. The van der Waals surface area contributed by atoms with Crippen LogP contribution in [0.25, 0.3) is 0 Å². The number of rotatable bonds is 3. The number of nitrogens with one attached hydrogen (secondary N) is 1. The number of methoxy groups -OCH3 is 1. The number of halogens is 1. The lowest BCUT2D eigenvalue weighted by Crippen LogP contribution is -2.61. The topological polar surface area (TPSA) is 43.0 Å². The van der Waals surface area contributed by atoms with Crippen LogP contribution in [-0.4, -0.2) is 44.0 Å². The Morgan fingerprint density at radius 3 is 2.83 bits per heavy atom. The number of fused-ring (bicyclic) bond motifs is 1. The fourth-order valence-electron chi connectivity index (χ4n) is 4.33. The van der Waals surface area contributed by atoms with Crippen molar-refractivity contribution in [1.82, 2.24) is 10.2 Å². The SMILES string of the molecule is COc1cc(CN2CCNCC23CCCCC3)cc2c1OCO2.Cl. The molecule has 4 rings (SSSR count). The van der Waals surface area contributed by atoms with Crippen LogP contribution in [0.15, 0.2) is 12.1 Å². The van der Waals surface area contributed by atoms with E-state index in [1.807, 2.05) is 0 Å². The van der Waals surface area contributed by atoms with Crippen LogP contribution in [0.3, 0.4) is 0 Å². The molecule has 2 heterocycles. The molecule has 2 fully saturated rings. The zero-order valence-electron chi connectivity index (χ0n) is 14.3. The average molecular weight is 355 g/mol. The molecule has 5 nitrogen and oxygen atoms in total. The molecule has 0 unspecified atom stereocenters. The van der Waals surface area contributed by atoms with Crippen LogP contribution in [0, 0.1) is 0 Å². The van der Waals surface area contributed by atoms with Crippen LogP contribution in [0.2, 0.25) is 0 Å².